The van der Waals surface area contributed by atoms with E-state index in [1.54, 1.807) is 42.9 Å². The van der Waals surface area contributed by atoms with E-state index >= 15 is 0 Å². The molecule has 0 radical (unpaired) electrons. The lowest BCUT2D eigenvalue weighted by molar-refractivity contribution is -0.130. The summed E-state index contributed by atoms with van der Waals surface area (Å²) in [6, 6.07) is 8.33. The van der Waals surface area contributed by atoms with Crippen molar-refractivity contribution >= 4 is 23.2 Å². The van der Waals surface area contributed by atoms with E-state index in [0.29, 0.717) is 42.7 Å². The van der Waals surface area contributed by atoms with Crippen molar-refractivity contribution in [3.8, 4) is 10.6 Å². The van der Waals surface area contributed by atoms with Crippen molar-refractivity contribution in [2.75, 3.05) is 31.1 Å². The number of thiazole rings is 1. The van der Waals surface area contributed by atoms with Crippen LogP contribution < -0.4 is 4.90 Å². The number of anilines is 1. The van der Waals surface area contributed by atoms with E-state index in [0.717, 1.165) is 4.88 Å². The lowest BCUT2D eigenvalue weighted by Gasteiger charge is -2.34. The SMILES string of the molecule is O=C(Cc1cnc(-c2ccccc2F)s1)N1CCN(c2ncccn2)CC1. The number of benzene rings is 1. The van der Waals surface area contributed by atoms with Gasteiger partial charge in [0.25, 0.3) is 0 Å². The minimum absolute atomic E-state index is 0.0624. The number of halogens is 1. The Morgan fingerprint density at radius 1 is 1.04 bits per heavy atom. The lowest BCUT2D eigenvalue weighted by atomic mass is 10.2. The van der Waals surface area contributed by atoms with Crippen molar-refractivity contribution in [2.24, 2.45) is 0 Å². The summed E-state index contributed by atoms with van der Waals surface area (Å²) in [5.74, 6) is 0.456. The molecule has 1 aliphatic rings. The minimum Gasteiger partial charge on any atom is -0.339 e. The number of carbonyl (C=O) groups excluding carboxylic acids is 1. The third-order valence-electron chi connectivity index (χ3n) is 4.45. The average molecular weight is 383 g/mol. The highest BCUT2D eigenvalue weighted by atomic mass is 32.1. The van der Waals surface area contributed by atoms with Crippen molar-refractivity contribution < 1.29 is 9.18 Å². The van der Waals surface area contributed by atoms with Crippen LogP contribution in [-0.4, -0.2) is 51.9 Å². The predicted molar refractivity (Wildman–Crippen MR) is 102 cm³/mol. The molecule has 0 N–H and O–H groups in total. The first-order chi connectivity index (χ1) is 13.2. The predicted octanol–water partition coefficient (Wildman–Crippen LogP) is 2.63. The molecule has 8 heteroatoms. The normalized spacial score (nSPS) is 14.4. The van der Waals surface area contributed by atoms with Gasteiger partial charge in [0.15, 0.2) is 0 Å². The third-order valence-corrected chi connectivity index (χ3v) is 5.48. The number of piperazine rings is 1. The second kappa shape index (κ2) is 7.79. The Morgan fingerprint density at radius 3 is 2.52 bits per heavy atom. The van der Waals surface area contributed by atoms with E-state index in [9.17, 15) is 9.18 Å². The topological polar surface area (TPSA) is 62.2 Å². The van der Waals surface area contributed by atoms with Crippen molar-refractivity contribution in [2.45, 2.75) is 6.42 Å². The number of amides is 1. The van der Waals surface area contributed by atoms with Crippen LogP contribution in [0.1, 0.15) is 4.88 Å². The molecule has 1 aromatic carbocycles. The monoisotopic (exact) mass is 383 g/mol. The van der Waals surface area contributed by atoms with E-state index in [4.69, 9.17) is 0 Å². The fourth-order valence-corrected chi connectivity index (χ4v) is 3.95. The zero-order valence-corrected chi connectivity index (χ0v) is 15.4. The van der Waals surface area contributed by atoms with E-state index in [1.165, 1.54) is 17.4 Å². The molecule has 6 nitrogen and oxygen atoms in total. The fourth-order valence-electron chi connectivity index (χ4n) is 3.02. The van der Waals surface area contributed by atoms with Crippen LogP contribution in [0.5, 0.6) is 0 Å². The van der Waals surface area contributed by atoms with Gasteiger partial charge in [-0.3, -0.25) is 4.79 Å². The molecule has 0 aliphatic carbocycles. The average Bonchev–Trinajstić information content (AvgIpc) is 3.17. The van der Waals surface area contributed by atoms with Gasteiger partial charge in [-0.05, 0) is 18.2 Å². The molecule has 138 valence electrons. The summed E-state index contributed by atoms with van der Waals surface area (Å²) in [6.07, 6.45) is 5.39. The minimum atomic E-state index is -0.302. The number of hydrogen-bond acceptors (Lipinski definition) is 6. The standard InChI is InChI=1S/C19H18FN5OS/c20-16-5-2-1-4-15(16)18-23-13-14(27-18)12-17(26)24-8-10-25(11-9-24)19-21-6-3-7-22-19/h1-7,13H,8-12H2. The molecule has 0 unspecified atom stereocenters. The van der Waals surface area contributed by atoms with Crippen LogP contribution in [0.25, 0.3) is 10.6 Å². The van der Waals surface area contributed by atoms with E-state index in [2.05, 4.69) is 19.9 Å². The molecular weight excluding hydrogens is 365 g/mol. The summed E-state index contributed by atoms with van der Waals surface area (Å²) in [5, 5.41) is 0.599. The van der Waals surface area contributed by atoms with Crippen LogP contribution in [0, 0.1) is 5.82 Å². The molecule has 0 bridgehead atoms. The Hall–Kier alpha value is -2.87. The second-order valence-corrected chi connectivity index (χ2v) is 7.32. The number of carbonyl (C=O) groups is 1. The highest BCUT2D eigenvalue weighted by Crippen LogP contribution is 2.27. The Bertz CT molecular complexity index is 925. The molecule has 1 aliphatic heterocycles. The largest absolute Gasteiger partial charge is 0.339 e. The van der Waals surface area contributed by atoms with Crippen LogP contribution in [0.2, 0.25) is 0 Å². The van der Waals surface area contributed by atoms with Gasteiger partial charge in [0, 0.05) is 55.2 Å². The number of hydrogen-bond donors (Lipinski definition) is 0. The van der Waals surface area contributed by atoms with Crippen LogP contribution in [0.4, 0.5) is 10.3 Å². The Labute approximate surface area is 160 Å². The first-order valence-electron chi connectivity index (χ1n) is 8.70. The number of aromatic nitrogens is 3. The molecule has 2 aromatic heterocycles. The van der Waals surface area contributed by atoms with Gasteiger partial charge in [0.2, 0.25) is 11.9 Å². The molecule has 27 heavy (non-hydrogen) atoms. The summed E-state index contributed by atoms with van der Waals surface area (Å²) in [5.41, 5.74) is 0.470. The lowest BCUT2D eigenvalue weighted by Crippen LogP contribution is -2.49. The van der Waals surface area contributed by atoms with Gasteiger partial charge in [-0.15, -0.1) is 11.3 Å². The summed E-state index contributed by atoms with van der Waals surface area (Å²) in [7, 11) is 0. The molecule has 0 atom stereocenters. The van der Waals surface area contributed by atoms with Gasteiger partial charge in [-0.2, -0.15) is 0 Å². The molecule has 1 saturated heterocycles. The summed E-state index contributed by atoms with van der Waals surface area (Å²) in [6.45, 7) is 2.68. The smallest absolute Gasteiger partial charge is 0.228 e. The molecule has 3 aromatic rings. The fraction of sp³-hybridized carbons (Fsp3) is 0.263. The van der Waals surface area contributed by atoms with Gasteiger partial charge in [-0.1, -0.05) is 12.1 Å². The van der Waals surface area contributed by atoms with Crippen LogP contribution in [-0.2, 0) is 11.2 Å². The van der Waals surface area contributed by atoms with E-state index < -0.39 is 0 Å². The summed E-state index contributed by atoms with van der Waals surface area (Å²) < 4.78 is 13.9. The van der Waals surface area contributed by atoms with Gasteiger partial charge >= 0.3 is 0 Å². The van der Waals surface area contributed by atoms with Gasteiger partial charge in [0.1, 0.15) is 10.8 Å². The highest BCUT2D eigenvalue weighted by molar-refractivity contribution is 7.15. The maximum absolute atomic E-state index is 13.9. The van der Waals surface area contributed by atoms with Crippen molar-refractivity contribution in [1.29, 1.82) is 0 Å². The van der Waals surface area contributed by atoms with Gasteiger partial charge in [-0.25, -0.2) is 19.3 Å². The first-order valence-corrected chi connectivity index (χ1v) is 9.52. The van der Waals surface area contributed by atoms with Crippen LogP contribution >= 0.6 is 11.3 Å². The van der Waals surface area contributed by atoms with Crippen molar-refractivity contribution in [3.05, 3.63) is 59.6 Å². The van der Waals surface area contributed by atoms with Crippen molar-refractivity contribution in [3.63, 3.8) is 0 Å². The summed E-state index contributed by atoms with van der Waals surface area (Å²) in [4.78, 5) is 30.2. The van der Waals surface area contributed by atoms with Crippen LogP contribution in [0.3, 0.4) is 0 Å². The zero-order chi connectivity index (χ0) is 18.6. The maximum Gasteiger partial charge on any atom is 0.228 e. The zero-order valence-electron chi connectivity index (χ0n) is 14.6. The first kappa shape index (κ1) is 17.5. The second-order valence-electron chi connectivity index (χ2n) is 6.20. The van der Waals surface area contributed by atoms with E-state index in [1.807, 2.05) is 4.90 Å². The quantitative estimate of drug-likeness (QED) is 0.693. The van der Waals surface area contributed by atoms with Gasteiger partial charge < -0.3 is 9.80 Å². The maximum atomic E-state index is 13.9. The Balaban J connectivity index is 1.36. The molecule has 4 rings (SSSR count). The molecule has 1 amide bonds. The Kier molecular flexibility index (Phi) is 5.06. The van der Waals surface area contributed by atoms with Crippen molar-refractivity contribution in [1.82, 2.24) is 19.9 Å². The summed E-state index contributed by atoms with van der Waals surface area (Å²) >= 11 is 1.36. The number of nitrogens with zero attached hydrogens (tertiary/aromatic N) is 5. The molecular formula is C19H18FN5OS. The molecule has 0 spiro atoms. The molecule has 3 heterocycles. The Morgan fingerprint density at radius 2 is 1.78 bits per heavy atom. The number of rotatable bonds is 4. The van der Waals surface area contributed by atoms with E-state index in [-0.39, 0.29) is 18.1 Å². The third kappa shape index (κ3) is 3.95. The highest BCUT2D eigenvalue weighted by Gasteiger charge is 2.23. The molecule has 1 fully saturated rings. The molecule has 0 saturated carbocycles. The van der Waals surface area contributed by atoms with Gasteiger partial charge in [0.05, 0.1) is 6.42 Å². The van der Waals surface area contributed by atoms with Crippen LogP contribution in [0.15, 0.2) is 48.9 Å².